The van der Waals surface area contributed by atoms with Crippen LogP contribution in [0.2, 0.25) is 0 Å². The zero-order valence-electron chi connectivity index (χ0n) is 44.2. The summed E-state index contributed by atoms with van der Waals surface area (Å²) in [6, 6.07) is -4.20. The van der Waals surface area contributed by atoms with Gasteiger partial charge in [-0.1, -0.05) is 0 Å². The molecule has 408 valence electrons. The first-order valence-corrected chi connectivity index (χ1v) is 24.6. The highest BCUT2D eigenvalue weighted by atomic mass is 16.7. The summed E-state index contributed by atoms with van der Waals surface area (Å²) in [5, 5.41) is 59.2. The van der Waals surface area contributed by atoms with Crippen molar-refractivity contribution in [3.63, 3.8) is 0 Å². The molecule has 23 nitrogen and oxygen atoms in total. The van der Waals surface area contributed by atoms with E-state index in [1.54, 1.807) is 88.0 Å². The van der Waals surface area contributed by atoms with E-state index in [1.807, 2.05) is 6.08 Å². The molecule has 0 aromatic heterocycles. The molecular weight excluding hydrogens is 931 g/mol. The van der Waals surface area contributed by atoms with E-state index >= 15 is 0 Å². The summed E-state index contributed by atoms with van der Waals surface area (Å²) in [5.74, 6) is -1.58. The van der Waals surface area contributed by atoms with E-state index in [9.17, 15) is 44.4 Å². The number of nitrogens with two attached hydrogens (primary N) is 1. The molecule has 3 heterocycles. The number of likely N-dealkylation sites (tertiary alicyclic amines) is 1. The lowest BCUT2D eigenvalue weighted by Gasteiger charge is -2.52. The van der Waals surface area contributed by atoms with Gasteiger partial charge in [0.05, 0.1) is 31.3 Å². The van der Waals surface area contributed by atoms with Crippen LogP contribution >= 0.6 is 0 Å². The molecule has 13 atom stereocenters. The first-order valence-electron chi connectivity index (χ1n) is 24.6. The van der Waals surface area contributed by atoms with Crippen LogP contribution in [0.25, 0.3) is 0 Å². The van der Waals surface area contributed by atoms with E-state index in [0.29, 0.717) is 38.2 Å². The normalized spacial score (nSPS) is 31.0. The van der Waals surface area contributed by atoms with Gasteiger partial charge in [0.15, 0.2) is 6.29 Å². The molecule has 5 amide bonds. The third-order valence-corrected chi connectivity index (χ3v) is 12.2. The molecule has 2 saturated heterocycles. The molecule has 0 radical (unpaired) electrons. The Morgan fingerprint density at radius 3 is 2.07 bits per heavy atom. The van der Waals surface area contributed by atoms with Crippen LogP contribution in [0.15, 0.2) is 11.8 Å². The van der Waals surface area contributed by atoms with Crippen molar-refractivity contribution >= 4 is 30.3 Å². The molecule has 23 heteroatoms. The SMILES string of the molecule is CN(C(=O)OC(C)(C)C)[C@@H]1[C@@H](O)[C@@H](O[C@@H]2[C@@H](O)[C@H](C3OC(CN)=CC[C@H]3NCC3CCN(C(=O)OC(C)(C)C)C3)[C@@H](NC(=O)OC(C)(C)C)C[C@H]2NC(=O)[C@@H](O)CCNC(=O)OC(C)(C)C)OC[C@]1(C)O. The maximum atomic E-state index is 13.9. The fourth-order valence-electron chi connectivity index (χ4n) is 9.15. The van der Waals surface area contributed by atoms with E-state index in [-0.39, 0.29) is 31.8 Å². The molecule has 4 rings (SSSR count). The number of hydrogen-bond acceptors (Lipinski definition) is 18. The highest BCUT2D eigenvalue weighted by molar-refractivity contribution is 5.81. The predicted molar refractivity (Wildman–Crippen MR) is 257 cm³/mol. The quantitative estimate of drug-likeness (QED) is 0.112. The minimum Gasteiger partial charge on any atom is -0.492 e. The third kappa shape index (κ3) is 17.7. The van der Waals surface area contributed by atoms with Crippen LogP contribution < -0.4 is 27.0 Å². The Bertz CT molecular complexity index is 1860. The molecule has 10 N–H and O–H groups in total. The van der Waals surface area contributed by atoms with Gasteiger partial charge in [-0.05, 0) is 128 Å². The highest BCUT2D eigenvalue weighted by Crippen LogP contribution is 2.39. The number of amides is 5. The number of aliphatic hydroxyl groups excluding tert-OH is 3. The molecule has 0 spiro atoms. The number of carbonyl (C=O) groups is 5. The number of likely N-dealkylation sites (N-methyl/N-ethyl adjacent to an activating group) is 1. The average molecular weight is 1020 g/mol. The Kier molecular flexibility index (Phi) is 19.9. The van der Waals surface area contributed by atoms with E-state index in [0.717, 1.165) is 4.90 Å². The van der Waals surface area contributed by atoms with Crippen LogP contribution in [0, 0.1) is 11.8 Å². The molecular formula is C48H85N7O16. The van der Waals surface area contributed by atoms with Crippen LogP contribution in [-0.4, -0.2) is 196 Å². The van der Waals surface area contributed by atoms with Gasteiger partial charge in [-0.25, -0.2) is 19.2 Å². The van der Waals surface area contributed by atoms with Crippen molar-refractivity contribution in [2.75, 3.05) is 46.4 Å². The van der Waals surface area contributed by atoms with Gasteiger partial charge >= 0.3 is 24.4 Å². The molecule has 2 unspecified atom stereocenters. The first-order chi connectivity index (χ1) is 32.6. The van der Waals surface area contributed by atoms with Crippen LogP contribution in [0.5, 0.6) is 0 Å². The van der Waals surface area contributed by atoms with Crippen molar-refractivity contribution in [2.24, 2.45) is 17.6 Å². The standard InChI is InChI=1S/C48H85N7O16/c1-44(2,3)68-40(60)50-19-17-31(56)38(59)52-30-21-29(53-41(61)69-45(4,5)6)32(33(57)36(30)67-39-34(58)37(48(13,64)25-65-39)54(14)42(62)70-46(7,8)9)35-28(16-15-27(22-49)66-35)51-23-26-18-20-55(24-26)43(63)71-47(10,11)12/h15,26,28-37,39,51,56-58,64H,16-25,49H2,1-14H3,(H,50,60)(H,52,59)(H,53,61)/t26?,28-,29+,30-,31+,32-,33+,34-,35?,36+,37-,39-,48+/m1/s1. The van der Waals surface area contributed by atoms with E-state index in [1.165, 1.54) is 14.0 Å². The summed E-state index contributed by atoms with van der Waals surface area (Å²) >= 11 is 0. The second kappa shape index (κ2) is 23.8. The second-order valence-corrected chi connectivity index (χ2v) is 23.4. The number of carbonyl (C=O) groups excluding carboxylic acids is 5. The number of alkyl carbamates (subject to hydrolysis) is 2. The lowest BCUT2D eigenvalue weighted by molar-refractivity contribution is -0.305. The number of nitrogens with one attached hydrogen (secondary N) is 4. The Morgan fingerprint density at radius 2 is 1.48 bits per heavy atom. The molecule has 1 saturated carbocycles. The predicted octanol–water partition coefficient (Wildman–Crippen LogP) is 1.96. The Hall–Kier alpha value is -4.23. The largest absolute Gasteiger partial charge is 0.492 e. The van der Waals surface area contributed by atoms with E-state index in [4.69, 9.17) is 38.9 Å². The van der Waals surface area contributed by atoms with Crippen molar-refractivity contribution < 1.29 is 77.6 Å². The first kappa shape index (κ1) is 59.3. The zero-order valence-corrected chi connectivity index (χ0v) is 44.2. The molecule has 0 aromatic rings. The van der Waals surface area contributed by atoms with Crippen molar-refractivity contribution in [3.05, 3.63) is 11.8 Å². The molecule has 71 heavy (non-hydrogen) atoms. The minimum atomic E-state index is -1.84. The number of ether oxygens (including phenoxy) is 7. The Morgan fingerprint density at radius 1 is 0.873 bits per heavy atom. The molecule has 3 fully saturated rings. The van der Waals surface area contributed by atoms with Gasteiger partial charge < -0.3 is 90.4 Å². The van der Waals surface area contributed by atoms with Gasteiger partial charge in [0.25, 0.3) is 0 Å². The molecule has 1 aliphatic carbocycles. The number of nitrogens with zero attached hydrogens (tertiary/aromatic N) is 2. The van der Waals surface area contributed by atoms with Crippen molar-refractivity contribution in [1.29, 1.82) is 0 Å². The number of aliphatic hydroxyl groups is 4. The maximum absolute atomic E-state index is 13.9. The maximum Gasteiger partial charge on any atom is 0.410 e. The monoisotopic (exact) mass is 1020 g/mol. The van der Waals surface area contributed by atoms with E-state index in [2.05, 4.69) is 21.3 Å². The zero-order chi connectivity index (χ0) is 53.6. The van der Waals surface area contributed by atoms with Crippen LogP contribution in [0.4, 0.5) is 19.2 Å². The lowest BCUT2D eigenvalue weighted by Crippen LogP contribution is -2.71. The van der Waals surface area contributed by atoms with Crippen LogP contribution in [0.3, 0.4) is 0 Å². The fraction of sp³-hybridized carbons (Fsp3) is 0.854. The number of rotatable bonds is 14. The lowest BCUT2D eigenvalue weighted by atomic mass is 9.72. The van der Waals surface area contributed by atoms with Gasteiger partial charge in [-0.15, -0.1) is 0 Å². The topological polar surface area (TPSA) is 312 Å². The van der Waals surface area contributed by atoms with Gasteiger partial charge in [0.1, 0.15) is 58.2 Å². The summed E-state index contributed by atoms with van der Waals surface area (Å²) < 4.78 is 41.2. The second-order valence-electron chi connectivity index (χ2n) is 23.4. The molecule has 0 bridgehead atoms. The van der Waals surface area contributed by atoms with E-state index < -0.39 is 132 Å². The minimum absolute atomic E-state index is 0.00244. The summed E-state index contributed by atoms with van der Waals surface area (Å²) in [4.78, 5) is 68.9. The van der Waals surface area contributed by atoms with Gasteiger partial charge in [-0.2, -0.15) is 0 Å². The molecule has 3 aliphatic heterocycles. The fourth-order valence-corrected chi connectivity index (χ4v) is 9.15. The summed E-state index contributed by atoms with van der Waals surface area (Å²) in [7, 11) is 1.34. The van der Waals surface area contributed by atoms with Crippen molar-refractivity contribution in [3.8, 4) is 0 Å². The summed E-state index contributed by atoms with van der Waals surface area (Å²) in [5.41, 5.74) is 0.966. The smallest absolute Gasteiger partial charge is 0.410 e. The molecule has 4 aliphatic rings. The van der Waals surface area contributed by atoms with Gasteiger partial charge in [0.2, 0.25) is 5.91 Å². The van der Waals surface area contributed by atoms with Crippen LogP contribution in [0.1, 0.15) is 116 Å². The Labute approximate surface area is 418 Å². The number of hydrogen-bond donors (Lipinski definition) is 9. The van der Waals surface area contributed by atoms with Crippen molar-refractivity contribution in [2.45, 2.75) is 205 Å². The molecule has 0 aromatic carbocycles. The average Bonchev–Trinajstić information content (AvgIpc) is 3.69. The summed E-state index contributed by atoms with van der Waals surface area (Å²) in [6.07, 6.45) is -9.68. The van der Waals surface area contributed by atoms with Gasteiger partial charge in [0, 0.05) is 51.2 Å². The third-order valence-electron chi connectivity index (χ3n) is 12.2. The highest BCUT2D eigenvalue weighted by Gasteiger charge is 2.56. The van der Waals surface area contributed by atoms with Gasteiger partial charge in [-0.3, -0.25) is 4.79 Å². The van der Waals surface area contributed by atoms with Crippen molar-refractivity contribution in [1.82, 2.24) is 31.1 Å². The Balaban J connectivity index is 1.73. The van der Waals surface area contributed by atoms with Crippen LogP contribution in [-0.2, 0) is 38.0 Å². The summed E-state index contributed by atoms with van der Waals surface area (Å²) in [6.45, 7) is 22.6.